The number of hydrogen-bond donors (Lipinski definition) is 2. The van der Waals surface area contributed by atoms with Gasteiger partial charge in [-0.2, -0.15) is 0 Å². The second kappa shape index (κ2) is 9.87. The van der Waals surface area contributed by atoms with E-state index in [0.29, 0.717) is 28.9 Å². The Kier molecular flexibility index (Phi) is 6.73. The summed E-state index contributed by atoms with van der Waals surface area (Å²) in [6.45, 7) is 4.26. The average molecular weight is 478 g/mol. The van der Waals surface area contributed by atoms with Crippen LogP contribution < -0.4 is 16.3 Å². The largest absolute Gasteiger partial charge is 0.332 e. The van der Waals surface area contributed by atoms with Crippen molar-refractivity contribution in [3.8, 4) is 0 Å². The fourth-order valence-electron chi connectivity index (χ4n) is 3.32. The molecule has 174 valence electrons. The summed E-state index contributed by atoms with van der Waals surface area (Å²) >= 11 is 1.53. The van der Waals surface area contributed by atoms with Gasteiger partial charge in [0.05, 0.1) is 5.39 Å². The average Bonchev–Trinajstić information content (AvgIpc) is 3.26. The van der Waals surface area contributed by atoms with Gasteiger partial charge in [-0.25, -0.2) is 4.98 Å². The van der Waals surface area contributed by atoms with E-state index < -0.39 is 17.2 Å². The maximum atomic E-state index is 12.8. The van der Waals surface area contributed by atoms with Crippen LogP contribution in [0.15, 0.2) is 58.9 Å². The number of thioether (sulfide) groups is 1. The summed E-state index contributed by atoms with van der Waals surface area (Å²) < 4.78 is 3.57. The summed E-state index contributed by atoms with van der Waals surface area (Å²) in [6.07, 6.45) is 3.10. The molecule has 1 aromatic carbocycles. The van der Waals surface area contributed by atoms with Crippen molar-refractivity contribution in [2.45, 2.75) is 31.3 Å². The molecule has 0 aliphatic rings. The molecule has 2 N–H and O–H groups in total. The third-order valence-corrected chi connectivity index (χ3v) is 6.29. The van der Waals surface area contributed by atoms with Gasteiger partial charge in [0.15, 0.2) is 5.16 Å². The predicted octanol–water partition coefficient (Wildman–Crippen LogP) is 2.22. The van der Waals surface area contributed by atoms with Crippen molar-refractivity contribution in [3.63, 3.8) is 0 Å². The van der Waals surface area contributed by atoms with Gasteiger partial charge in [-0.3, -0.25) is 25.2 Å². The highest BCUT2D eigenvalue weighted by molar-refractivity contribution is 7.98. The number of carbonyl (C=O) groups is 2. The van der Waals surface area contributed by atoms with Crippen LogP contribution >= 0.6 is 11.8 Å². The maximum absolute atomic E-state index is 12.8. The molecule has 0 atom stereocenters. The van der Waals surface area contributed by atoms with Crippen LogP contribution in [0, 0.1) is 6.92 Å². The molecule has 0 fully saturated rings. The van der Waals surface area contributed by atoms with Crippen LogP contribution in [0.5, 0.6) is 0 Å². The van der Waals surface area contributed by atoms with E-state index in [4.69, 9.17) is 0 Å². The van der Waals surface area contributed by atoms with Gasteiger partial charge in [-0.1, -0.05) is 23.9 Å². The number of pyridine rings is 2. The van der Waals surface area contributed by atoms with Crippen LogP contribution in [0.3, 0.4) is 0 Å². The second-order valence-electron chi connectivity index (χ2n) is 7.60. The van der Waals surface area contributed by atoms with E-state index in [1.165, 1.54) is 18.0 Å². The molecule has 0 bridgehead atoms. The van der Waals surface area contributed by atoms with E-state index in [1.807, 2.05) is 37.6 Å². The highest BCUT2D eigenvalue weighted by atomic mass is 32.2. The Bertz CT molecular complexity index is 1430. The number of amides is 2. The summed E-state index contributed by atoms with van der Waals surface area (Å²) in [6, 6.07) is 10.4. The van der Waals surface area contributed by atoms with E-state index in [0.717, 1.165) is 16.4 Å². The lowest BCUT2D eigenvalue weighted by Crippen LogP contribution is -2.43. The van der Waals surface area contributed by atoms with E-state index in [2.05, 4.69) is 26.0 Å². The molecule has 0 spiro atoms. The first-order chi connectivity index (χ1) is 16.4. The number of nitrogens with one attached hydrogen (secondary N) is 2. The summed E-state index contributed by atoms with van der Waals surface area (Å²) in [4.78, 5) is 42.4. The van der Waals surface area contributed by atoms with Crippen LogP contribution in [0.1, 0.15) is 38.9 Å². The van der Waals surface area contributed by atoms with Crippen molar-refractivity contribution in [1.29, 1.82) is 0 Å². The SMILES string of the molecule is CCn1cc(C(=O)NNC(=O)c2ccc(CSc3nncn3C)cc2)c(=O)c2ccc(C)nc21. The summed E-state index contributed by atoms with van der Waals surface area (Å²) in [5.74, 6) is -0.514. The molecule has 0 aliphatic carbocycles. The third kappa shape index (κ3) is 4.84. The Morgan fingerprint density at radius 2 is 1.79 bits per heavy atom. The Hall–Kier alpha value is -3.99. The van der Waals surface area contributed by atoms with Crippen LogP contribution in [0.4, 0.5) is 0 Å². The minimum absolute atomic E-state index is 0.0727. The Balaban J connectivity index is 1.42. The van der Waals surface area contributed by atoms with Crippen LogP contribution in [0.2, 0.25) is 0 Å². The van der Waals surface area contributed by atoms with Gasteiger partial charge < -0.3 is 9.13 Å². The Morgan fingerprint density at radius 3 is 2.47 bits per heavy atom. The highest BCUT2D eigenvalue weighted by Gasteiger charge is 2.17. The van der Waals surface area contributed by atoms with Crippen LogP contribution in [0.25, 0.3) is 11.0 Å². The second-order valence-corrected chi connectivity index (χ2v) is 8.54. The number of nitrogens with zero attached hydrogens (tertiary/aromatic N) is 5. The number of fused-ring (bicyclic) bond motifs is 1. The zero-order valence-electron chi connectivity index (χ0n) is 18.9. The molecule has 3 heterocycles. The number of hydrogen-bond acceptors (Lipinski definition) is 7. The minimum Gasteiger partial charge on any atom is -0.332 e. The lowest BCUT2D eigenvalue weighted by atomic mass is 10.1. The number of aryl methyl sites for hydroxylation is 3. The highest BCUT2D eigenvalue weighted by Crippen LogP contribution is 2.20. The predicted molar refractivity (Wildman–Crippen MR) is 128 cm³/mol. The molecule has 4 rings (SSSR count). The van der Waals surface area contributed by atoms with E-state index in [-0.39, 0.29) is 5.56 Å². The first-order valence-electron chi connectivity index (χ1n) is 10.5. The maximum Gasteiger partial charge on any atom is 0.275 e. The van der Waals surface area contributed by atoms with Crippen molar-refractivity contribution in [1.82, 2.24) is 35.2 Å². The number of benzene rings is 1. The van der Waals surface area contributed by atoms with Gasteiger partial charge in [0, 0.05) is 36.8 Å². The van der Waals surface area contributed by atoms with Gasteiger partial charge in [-0.05, 0) is 43.7 Å². The molecule has 11 heteroatoms. The van der Waals surface area contributed by atoms with E-state index >= 15 is 0 Å². The van der Waals surface area contributed by atoms with Crippen LogP contribution in [-0.4, -0.2) is 36.1 Å². The molecule has 0 aliphatic heterocycles. The van der Waals surface area contributed by atoms with E-state index in [9.17, 15) is 14.4 Å². The Morgan fingerprint density at radius 1 is 1.06 bits per heavy atom. The molecule has 2 amide bonds. The van der Waals surface area contributed by atoms with Gasteiger partial charge in [0.1, 0.15) is 17.5 Å². The zero-order valence-corrected chi connectivity index (χ0v) is 19.7. The summed E-state index contributed by atoms with van der Waals surface area (Å²) in [5, 5.41) is 9.01. The fourth-order valence-corrected chi connectivity index (χ4v) is 4.16. The lowest BCUT2D eigenvalue weighted by molar-refractivity contribution is 0.0846. The molecule has 34 heavy (non-hydrogen) atoms. The summed E-state index contributed by atoms with van der Waals surface area (Å²) in [7, 11) is 1.87. The van der Waals surface area contributed by atoms with Crippen molar-refractivity contribution in [2.75, 3.05) is 0 Å². The number of hydrazine groups is 1. The lowest BCUT2D eigenvalue weighted by Gasteiger charge is -2.12. The topological polar surface area (TPSA) is 124 Å². The first kappa shape index (κ1) is 23.2. The third-order valence-electron chi connectivity index (χ3n) is 5.19. The van der Waals surface area contributed by atoms with Crippen molar-refractivity contribution in [3.05, 3.63) is 81.5 Å². The summed E-state index contributed by atoms with van der Waals surface area (Å²) in [5.41, 5.74) is 6.87. The molecule has 0 saturated heterocycles. The molecule has 0 saturated carbocycles. The van der Waals surface area contributed by atoms with Crippen LogP contribution in [-0.2, 0) is 19.3 Å². The minimum atomic E-state index is -0.695. The number of rotatable bonds is 6. The standard InChI is InChI=1S/C23H23N7O3S/c1-4-30-11-18(19(31)17-10-5-14(2)25-20(17)30)22(33)27-26-21(32)16-8-6-15(7-9-16)12-34-23-28-24-13-29(23)3/h5-11,13H,4,12H2,1-3H3,(H,26,32)(H,27,33). The normalized spacial score (nSPS) is 10.9. The smallest absolute Gasteiger partial charge is 0.275 e. The molecule has 0 radical (unpaired) electrons. The van der Waals surface area contributed by atoms with Gasteiger partial charge >= 0.3 is 0 Å². The van der Waals surface area contributed by atoms with Crippen molar-refractivity contribution in [2.24, 2.45) is 7.05 Å². The molecule has 4 aromatic rings. The molecular weight excluding hydrogens is 454 g/mol. The first-order valence-corrected chi connectivity index (χ1v) is 11.5. The Labute approximate surface area is 199 Å². The van der Waals surface area contributed by atoms with Gasteiger partial charge in [0.25, 0.3) is 11.8 Å². The van der Waals surface area contributed by atoms with E-state index in [1.54, 1.807) is 35.2 Å². The van der Waals surface area contributed by atoms with Gasteiger partial charge in [-0.15, -0.1) is 10.2 Å². The quantitative estimate of drug-likeness (QED) is 0.322. The van der Waals surface area contributed by atoms with Crippen molar-refractivity contribution < 1.29 is 9.59 Å². The fraction of sp³-hybridized carbons (Fsp3) is 0.217. The van der Waals surface area contributed by atoms with Crippen molar-refractivity contribution >= 4 is 34.6 Å². The zero-order chi connectivity index (χ0) is 24.2. The molecule has 0 unspecified atom stereocenters. The molecular formula is C23H23N7O3S. The number of aromatic nitrogens is 5. The number of carbonyl (C=O) groups excluding carboxylic acids is 2. The molecule has 10 nitrogen and oxygen atoms in total. The molecule has 3 aromatic heterocycles. The monoisotopic (exact) mass is 477 g/mol. The van der Waals surface area contributed by atoms with Gasteiger partial charge in [0.2, 0.25) is 5.43 Å².